The molecule has 6 nitrogen and oxygen atoms in total. The molecule has 0 aliphatic rings. The normalized spacial score (nSPS) is 10.8. The predicted molar refractivity (Wildman–Crippen MR) is 72.6 cm³/mol. The number of nitrogens with zero attached hydrogens (tertiary/aromatic N) is 4. The summed E-state index contributed by atoms with van der Waals surface area (Å²) in [7, 11) is 0. The lowest BCUT2D eigenvalue weighted by Crippen LogP contribution is -2.03. The fraction of sp³-hybridized carbons (Fsp3) is 0.143. The number of benzene rings is 1. The van der Waals surface area contributed by atoms with Crippen LogP contribution in [0.2, 0.25) is 0 Å². The van der Waals surface area contributed by atoms with Crippen molar-refractivity contribution in [1.29, 1.82) is 0 Å². The van der Waals surface area contributed by atoms with Crippen LogP contribution in [0.3, 0.4) is 0 Å². The van der Waals surface area contributed by atoms with Crippen molar-refractivity contribution >= 4 is 17.0 Å². The van der Waals surface area contributed by atoms with Crippen molar-refractivity contribution in [2.24, 2.45) is 0 Å². The Balaban J connectivity index is 2.03. The number of hydrogen-bond donors (Lipinski definition) is 1. The maximum absolute atomic E-state index is 11.0. The molecule has 0 saturated carbocycles. The highest BCUT2D eigenvalue weighted by molar-refractivity contribution is 5.92. The highest BCUT2D eigenvalue weighted by Crippen LogP contribution is 2.16. The first-order chi connectivity index (χ1) is 9.63. The van der Waals surface area contributed by atoms with Crippen LogP contribution < -0.4 is 0 Å². The zero-order chi connectivity index (χ0) is 14.1. The molecule has 3 rings (SSSR count). The first-order valence-electron chi connectivity index (χ1n) is 6.10. The molecule has 0 aliphatic heterocycles. The van der Waals surface area contributed by atoms with Gasteiger partial charge < -0.3 is 9.67 Å². The number of aromatic carboxylic acids is 1. The Kier molecular flexibility index (Phi) is 2.90. The fourth-order valence-corrected chi connectivity index (χ4v) is 2.08. The minimum absolute atomic E-state index is 0.248. The van der Waals surface area contributed by atoms with Crippen LogP contribution in [0.15, 0.2) is 36.8 Å². The van der Waals surface area contributed by atoms with Crippen molar-refractivity contribution in [3.05, 3.63) is 53.9 Å². The molecule has 2 heterocycles. The maximum Gasteiger partial charge on any atom is 0.335 e. The second kappa shape index (κ2) is 4.73. The summed E-state index contributed by atoms with van der Waals surface area (Å²) in [6.45, 7) is 2.36. The quantitative estimate of drug-likeness (QED) is 0.784. The SMILES string of the molecule is Cc1nccc(Cn2cnc3ccc(C(=O)O)cc32)n1. The van der Waals surface area contributed by atoms with Gasteiger partial charge in [-0.25, -0.2) is 19.7 Å². The summed E-state index contributed by atoms with van der Waals surface area (Å²) in [5.74, 6) is -0.240. The number of hydrogen-bond acceptors (Lipinski definition) is 4. The molecule has 0 amide bonds. The summed E-state index contributed by atoms with van der Waals surface area (Å²) >= 11 is 0. The fourth-order valence-electron chi connectivity index (χ4n) is 2.08. The van der Waals surface area contributed by atoms with Gasteiger partial charge in [-0.15, -0.1) is 0 Å². The van der Waals surface area contributed by atoms with Gasteiger partial charge in [0.1, 0.15) is 5.82 Å². The molecule has 100 valence electrons. The summed E-state index contributed by atoms with van der Waals surface area (Å²) in [5, 5.41) is 9.05. The minimum Gasteiger partial charge on any atom is -0.478 e. The van der Waals surface area contributed by atoms with E-state index in [0.29, 0.717) is 12.4 Å². The third-order valence-electron chi connectivity index (χ3n) is 3.03. The van der Waals surface area contributed by atoms with Crippen molar-refractivity contribution in [1.82, 2.24) is 19.5 Å². The lowest BCUT2D eigenvalue weighted by Gasteiger charge is -2.05. The monoisotopic (exact) mass is 268 g/mol. The van der Waals surface area contributed by atoms with Crippen LogP contribution >= 0.6 is 0 Å². The lowest BCUT2D eigenvalue weighted by atomic mass is 10.2. The highest BCUT2D eigenvalue weighted by atomic mass is 16.4. The summed E-state index contributed by atoms with van der Waals surface area (Å²) in [4.78, 5) is 23.7. The topological polar surface area (TPSA) is 80.9 Å². The van der Waals surface area contributed by atoms with Crippen molar-refractivity contribution in [2.75, 3.05) is 0 Å². The molecule has 0 saturated heterocycles. The number of carbonyl (C=O) groups is 1. The van der Waals surface area contributed by atoms with Gasteiger partial charge in [-0.2, -0.15) is 0 Å². The Hall–Kier alpha value is -2.76. The summed E-state index contributed by atoms with van der Waals surface area (Å²) < 4.78 is 1.88. The van der Waals surface area contributed by atoms with Crippen LogP contribution in [0, 0.1) is 6.92 Å². The summed E-state index contributed by atoms with van der Waals surface area (Å²) in [6, 6.07) is 6.72. The molecular formula is C14H12N4O2. The van der Waals surface area contributed by atoms with E-state index in [1.54, 1.807) is 30.7 Å². The molecular weight excluding hydrogens is 256 g/mol. The number of fused-ring (bicyclic) bond motifs is 1. The van der Waals surface area contributed by atoms with Crippen LogP contribution in [0.4, 0.5) is 0 Å². The van der Waals surface area contributed by atoms with Gasteiger partial charge in [0.2, 0.25) is 0 Å². The first-order valence-corrected chi connectivity index (χ1v) is 6.10. The Morgan fingerprint density at radius 1 is 1.30 bits per heavy atom. The molecule has 0 bridgehead atoms. The third kappa shape index (κ3) is 2.23. The number of rotatable bonds is 3. The Morgan fingerprint density at radius 3 is 2.90 bits per heavy atom. The van der Waals surface area contributed by atoms with Crippen molar-refractivity contribution < 1.29 is 9.90 Å². The van der Waals surface area contributed by atoms with E-state index in [9.17, 15) is 4.79 Å². The largest absolute Gasteiger partial charge is 0.478 e. The van der Waals surface area contributed by atoms with E-state index in [0.717, 1.165) is 16.7 Å². The molecule has 0 atom stereocenters. The Labute approximate surface area is 114 Å². The van der Waals surface area contributed by atoms with Crippen LogP contribution in [-0.2, 0) is 6.54 Å². The second-order valence-corrected chi connectivity index (χ2v) is 4.48. The third-order valence-corrected chi connectivity index (χ3v) is 3.03. The van der Waals surface area contributed by atoms with Gasteiger partial charge in [0.25, 0.3) is 0 Å². The van der Waals surface area contributed by atoms with E-state index in [-0.39, 0.29) is 5.56 Å². The zero-order valence-corrected chi connectivity index (χ0v) is 10.8. The maximum atomic E-state index is 11.0. The summed E-state index contributed by atoms with van der Waals surface area (Å²) in [6.07, 6.45) is 3.40. The highest BCUT2D eigenvalue weighted by Gasteiger charge is 2.08. The van der Waals surface area contributed by atoms with E-state index in [2.05, 4.69) is 15.0 Å². The molecule has 2 aromatic heterocycles. The van der Waals surface area contributed by atoms with Gasteiger partial charge in [0.15, 0.2) is 0 Å². The number of aryl methyl sites for hydroxylation is 1. The predicted octanol–water partition coefficient (Wildman–Crippen LogP) is 1.88. The lowest BCUT2D eigenvalue weighted by molar-refractivity contribution is 0.0697. The van der Waals surface area contributed by atoms with Crippen molar-refractivity contribution in [3.8, 4) is 0 Å². The van der Waals surface area contributed by atoms with Crippen molar-refractivity contribution in [3.63, 3.8) is 0 Å². The van der Waals surface area contributed by atoms with Crippen LogP contribution in [-0.4, -0.2) is 30.6 Å². The molecule has 3 aromatic rings. The number of imidazole rings is 1. The number of carboxylic acids is 1. The standard InChI is InChI=1S/C14H12N4O2/c1-9-15-5-4-11(17-9)7-18-8-16-12-3-2-10(14(19)20)6-13(12)18/h2-6,8H,7H2,1H3,(H,19,20). The molecule has 20 heavy (non-hydrogen) atoms. The van der Waals surface area contributed by atoms with Gasteiger partial charge in [-0.05, 0) is 31.2 Å². The molecule has 6 heteroatoms. The van der Waals surface area contributed by atoms with Gasteiger partial charge >= 0.3 is 5.97 Å². The van der Waals surface area contributed by atoms with E-state index < -0.39 is 5.97 Å². The van der Waals surface area contributed by atoms with Gasteiger partial charge in [0, 0.05) is 6.20 Å². The molecule has 0 fully saturated rings. The van der Waals surface area contributed by atoms with E-state index in [1.807, 2.05) is 17.6 Å². The smallest absolute Gasteiger partial charge is 0.335 e. The van der Waals surface area contributed by atoms with Gasteiger partial charge in [0.05, 0.1) is 35.2 Å². The van der Waals surface area contributed by atoms with E-state index in [4.69, 9.17) is 5.11 Å². The van der Waals surface area contributed by atoms with Gasteiger partial charge in [-0.3, -0.25) is 0 Å². The van der Waals surface area contributed by atoms with Crippen LogP contribution in [0.1, 0.15) is 21.9 Å². The van der Waals surface area contributed by atoms with E-state index >= 15 is 0 Å². The van der Waals surface area contributed by atoms with Crippen LogP contribution in [0.5, 0.6) is 0 Å². The zero-order valence-electron chi connectivity index (χ0n) is 10.8. The average molecular weight is 268 g/mol. The molecule has 0 unspecified atom stereocenters. The molecule has 1 N–H and O–H groups in total. The number of carboxylic acid groups (broad SMARTS) is 1. The first kappa shape index (κ1) is 12.3. The Bertz CT molecular complexity index is 795. The molecule has 0 aliphatic carbocycles. The average Bonchev–Trinajstić information content (AvgIpc) is 2.81. The molecule has 0 radical (unpaired) electrons. The van der Waals surface area contributed by atoms with E-state index in [1.165, 1.54) is 0 Å². The van der Waals surface area contributed by atoms with Crippen LogP contribution in [0.25, 0.3) is 11.0 Å². The molecule has 1 aromatic carbocycles. The van der Waals surface area contributed by atoms with Crippen molar-refractivity contribution in [2.45, 2.75) is 13.5 Å². The summed E-state index contributed by atoms with van der Waals surface area (Å²) in [5.41, 5.74) is 2.65. The Morgan fingerprint density at radius 2 is 2.15 bits per heavy atom. The minimum atomic E-state index is -0.947. The molecule has 0 spiro atoms. The number of aromatic nitrogens is 4. The van der Waals surface area contributed by atoms with Gasteiger partial charge in [-0.1, -0.05) is 0 Å². The second-order valence-electron chi connectivity index (χ2n) is 4.48.